The van der Waals surface area contributed by atoms with Gasteiger partial charge in [-0.3, -0.25) is 0 Å². The topological polar surface area (TPSA) is 52.1 Å². The molecule has 11 heteroatoms. The average molecular weight is 675 g/mol. The van der Waals surface area contributed by atoms with E-state index in [1.165, 1.54) is 21.1 Å². The number of nitrogens with one attached hydrogen (secondary N) is 1. The van der Waals surface area contributed by atoms with Crippen LogP contribution in [0.1, 0.15) is 35.6 Å². The zero-order valence-electron chi connectivity index (χ0n) is 23.9. The van der Waals surface area contributed by atoms with E-state index < -0.39 is 47.4 Å². The predicted octanol–water partition coefficient (Wildman–Crippen LogP) is 8.25. The second-order valence-corrected chi connectivity index (χ2v) is 11.3. The molecule has 0 saturated heterocycles. The van der Waals surface area contributed by atoms with E-state index in [0.29, 0.717) is 34.3 Å². The van der Waals surface area contributed by atoms with Crippen molar-refractivity contribution in [1.29, 1.82) is 0 Å². The fraction of sp³-hybridized carbons (Fsp3) is 0.242. The Morgan fingerprint density at radius 2 is 1.34 bits per heavy atom. The number of aliphatic imine (C=N–C) groups is 1. The van der Waals surface area contributed by atoms with Gasteiger partial charge in [-0.1, -0.05) is 54.6 Å². The number of amidine groups is 1. The van der Waals surface area contributed by atoms with Crippen LogP contribution in [0, 0.1) is 11.6 Å². The minimum absolute atomic E-state index is 0.106. The van der Waals surface area contributed by atoms with Gasteiger partial charge in [0.05, 0.1) is 24.2 Å². The van der Waals surface area contributed by atoms with Crippen LogP contribution in [-0.4, -0.2) is 32.5 Å². The van der Waals surface area contributed by atoms with Gasteiger partial charge < -0.3 is 19.5 Å². The first-order chi connectivity index (χ1) is 20.9. The molecule has 5 nitrogen and oxygen atoms in total. The van der Waals surface area contributed by atoms with Gasteiger partial charge in [0.25, 0.3) is 6.02 Å². The highest BCUT2D eigenvalue weighted by atomic mass is 79.9. The number of nitrogens with zero attached hydrogens (tertiary/aromatic N) is 1. The summed E-state index contributed by atoms with van der Waals surface area (Å²) >= 11 is 3.03. The standard InChI is InChI=1S/C33H28BrF5N2O3/c1-31(25-17-26(34)28(36)18-27(25)35)19-29(33(37,38)39)44-30(40-31)41-32(20-7-5-4-6-8-20,21-9-13-23(42-2)14-10-21)22-11-15-24(43-3)16-12-22/h4-18,29H,19H2,1-3H3,(H,40,41)/t29-,31-/m0/s1. The molecule has 5 rings (SSSR count). The van der Waals surface area contributed by atoms with Gasteiger partial charge in [0.15, 0.2) is 6.10 Å². The summed E-state index contributed by atoms with van der Waals surface area (Å²) < 4.78 is 88.6. The Hall–Kier alpha value is -4.12. The number of rotatable bonds is 7. The molecule has 1 N–H and O–H groups in total. The summed E-state index contributed by atoms with van der Waals surface area (Å²) in [6.07, 6.45) is -7.91. The number of methoxy groups -OCH3 is 2. The molecule has 4 aromatic rings. The Kier molecular flexibility index (Phi) is 8.62. The maximum absolute atomic E-state index is 15.2. The quantitative estimate of drug-likeness (QED) is 0.122. The molecule has 0 unspecified atom stereocenters. The molecule has 44 heavy (non-hydrogen) atoms. The maximum Gasteiger partial charge on any atom is 0.425 e. The highest BCUT2D eigenvalue weighted by molar-refractivity contribution is 9.10. The molecule has 0 amide bonds. The van der Waals surface area contributed by atoms with Crippen molar-refractivity contribution in [2.24, 2.45) is 4.99 Å². The third-order valence-corrected chi connectivity index (χ3v) is 8.30. The highest BCUT2D eigenvalue weighted by Crippen LogP contribution is 2.44. The average Bonchev–Trinajstić information content (AvgIpc) is 3.01. The first-order valence-corrected chi connectivity index (χ1v) is 14.3. The first-order valence-electron chi connectivity index (χ1n) is 13.5. The van der Waals surface area contributed by atoms with Crippen molar-refractivity contribution in [2.45, 2.75) is 36.7 Å². The lowest BCUT2D eigenvalue weighted by atomic mass is 9.77. The van der Waals surface area contributed by atoms with Crippen molar-refractivity contribution in [2.75, 3.05) is 14.2 Å². The SMILES string of the molecule is COc1ccc(C(NC2=N[C@](C)(c3cc(Br)c(F)cc3F)C[C@@H](C(F)(F)F)O2)(c2ccccc2)c2ccc(OC)cc2)cc1. The summed E-state index contributed by atoms with van der Waals surface area (Å²) in [6, 6.07) is 24.4. The van der Waals surface area contributed by atoms with Crippen molar-refractivity contribution in [1.82, 2.24) is 5.32 Å². The second-order valence-electron chi connectivity index (χ2n) is 10.5. The van der Waals surface area contributed by atoms with Crippen LogP contribution in [0.2, 0.25) is 0 Å². The third kappa shape index (κ3) is 5.97. The molecule has 2 atom stereocenters. The van der Waals surface area contributed by atoms with Crippen molar-refractivity contribution in [3.8, 4) is 11.5 Å². The zero-order valence-corrected chi connectivity index (χ0v) is 25.5. The van der Waals surface area contributed by atoms with Gasteiger partial charge in [-0.25, -0.2) is 13.8 Å². The van der Waals surface area contributed by atoms with E-state index in [4.69, 9.17) is 14.2 Å². The number of alkyl halides is 3. The van der Waals surface area contributed by atoms with Gasteiger partial charge in [-0.2, -0.15) is 13.2 Å². The largest absolute Gasteiger partial charge is 0.497 e. The Balaban J connectivity index is 1.76. The van der Waals surface area contributed by atoms with E-state index in [9.17, 15) is 17.6 Å². The Morgan fingerprint density at radius 1 is 0.818 bits per heavy atom. The van der Waals surface area contributed by atoms with E-state index >= 15 is 4.39 Å². The molecule has 230 valence electrons. The fourth-order valence-electron chi connectivity index (χ4n) is 5.43. The molecule has 0 aliphatic carbocycles. The van der Waals surface area contributed by atoms with Gasteiger partial charge in [0, 0.05) is 18.1 Å². The second kappa shape index (κ2) is 12.1. The third-order valence-electron chi connectivity index (χ3n) is 7.69. The van der Waals surface area contributed by atoms with Crippen LogP contribution in [0.4, 0.5) is 22.0 Å². The minimum Gasteiger partial charge on any atom is -0.497 e. The molecule has 1 aliphatic rings. The molecule has 0 aromatic heterocycles. The van der Waals surface area contributed by atoms with Gasteiger partial charge in [-0.05, 0) is 69.9 Å². The molecule has 0 radical (unpaired) electrons. The zero-order chi connectivity index (χ0) is 31.7. The Bertz CT molecular complexity index is 1600. The monoisotopic (exact) mass is 674 g/mol. The minimum atomic E-state index is -4.83. The smallest absolute Gasteiger partial charge is 0.425 e. The Labute approximate surface area is 259 Å². The van der Waals surface area contributed by atoms with Crippen LogP contribution in [0.5, 0.6) is 11.5 Å². The molecule has 1 heterocycles. The summed E-state index contributed by atoms with van der Waals surface area (Å²) in [5.74, 6) is -0.782. The summed E-state index contributed by atoms with van der Waals surface area (Å²) in [7, 11) is 3.05. The van der Waals surface area contributed by atoms with Crippen LogP contribution in [0.15, 0.2) is 100 Å². The summed E-state index contributed by atoms with van der Waals surface area (Å²) in [5.41, 5.74) is -1.49. The van der Waals surface area contributed by atoms with Gasteiger partial charge >= 0.3 is 6.18 Å². The van der Waals surface area contributed by atoms with Gasteiger partial charge in [-0.15, -0.1) is 0 Å². The number of halogens is 6. The molecule has 0 fully saturated rings. The lowest BCUT2D eigenvalue weighted by Crippen LogP contribution is -2.54. The predicted molar refractivity (Wildman–Crippen MR) is 160 cm³/mol. The molecular weight excluding hydrogens is 647 g/mol. The van der Waals surface area contributed by atoms with Crippen LogP contribution in [0.3, 0.4) is 0 Å². The van der Waals surface area contributed by atoms with Crippen molar-refractivity contribution >= 4 is 22.0 Å². The van der Waals surface area contributed by atoms with Crippen LogP contribution in [0.25, 0.3) is 0 Å². The first kappa shape index (κ1) is 31.3. The van der Waals surface area contributed by atoms with E-state index in [2.05, 4.69) is 26.2 Å². The lowest BCUT2D eigenvalue weighted by molar-refractivity contribution is -0.209. The Morgan fingerprint density at radius 3 is 1.84 bits per heavy atom. The summed E-state index contributed by atoms with van der Waals surface area (Å²) in [5, 5.41) is 3.20. The van der Waals surface area contributed by atoms with E-state index in [-0.39, 0.29) is 10.0 Å². The normalized spacial score (nSPS) is 18.7. The molecule has 0 spiro atoms. The molecule has 1 aliphatic heterocycles. The van der Waals surface area contributed by atoms with Gasteiger partial charge in [0.2, 0.25) is 0 Å². The van der Waals surface area contributed by atoms with E-state index in [0.717, 1.165) is 6.07 Å². The van der Waals surface area contributed by atoms with Crippen LogP contribution in [-0.2, 0) is 15.8 Å². The van der Waals surface area contributed by atoms with Crippen LogP contribution >= 0.6 is 15.9 Å². The van der Waals surface area contributed by atoms with E-state index in [1.807, 2.05) is 18.2 Å². The summed E-state index contributed by atoms with van der Waals surface area (Å²) in [4.78, 5) is 4.56. The highest BCUT2D eigenvalue weighted by Gasteiger charge is 2.52. The molecule has 4 aromatic carbocycles. The number of hydrogen-bond donors (Lipinski definition) is 1. The fourth-order valence-corrected chi connectivity index (χ4v) is 5.77. The van der Waals surface area contributed by atoms with Crippen molar-refractivity contribution in [3.05, 3.63) is 129 Å². The summed E-state index contributed by atoms with van der Waals surface area (Å²) in [6.45, 7) is 1.36. The van der Waals surface area contributed by atoms with Crippen LogP contribution < -0.4 is 14.8 Å². The maximum atomic E-state index is 15.2. The molecule has 0 saturated carbocycles. The van der Waals surface area contributed by atoms with E-state index in [1.54, 1.807) is 60.7 Å². The lowest BCUT2D eigenvalue weighted by Gasteiger charge is -2.42. The number of hydrogen-bond acceptors (Lipinski definition) is 5. The van der Waals surface area contributed by atoms with Gasteiger partial charge in [0.1, 0.15) is 28.7 Å². The molecule has 0 bridgehead atoms. The van der Waals surface area contributed by atoms with Crippen molar-refractivity contribution < 1.29 is 36.2 Å². The number of ether oxygens (including phenoxy) is 3. The molecular formula is C33H28BrF5N2O3. The van der Waals surface area contributed by atoms with Crippen molar-refractivity contribution in [3.63, 3.8) is 0 Å². The number of benzene rings is 4.